The summed E-state index contributed by atoms with van der Waals surface area (Å²) in [5, 5.41) is 0. The van der Waals surface area contributed by atoms with Gasteiger partial charge in [-0.15, -0.1) is 0 Å². The molecule has 0 amide bonds. The van der Waals surface area contributed by atoms with E-state index in [1.165, 1.54) is 36.2 Å². The molecule has 1 saturated heterocycles. The van der Waals surface area contributed by atoms with E-state index in [0.29, 0.717) is 12.6 Å². The molecule has 2 aromatic rings. The number of piperidine rings is 1. The van der Waals surface area contributed by atoms with Crippen molar-refractivity contribution >= 4 is 5.69 Å². The van der Waals surface area contributed by atoms with Crippen molar-refractivity contribution in [1.29, 1.82) is 0 Å². The number of likely N-dealkylation sites (tertiary alicyclic amines) is 1. The molecule has 0 N–H and O–H groups in total. The molecule has 1 heterocycles. The van der Waals surface area contributed by atoms with Gasteiger partial charge in [0.25, 0.3) is 0 Å². The molecule has 3 rings (SSSR count). The summed E-state index contributed by atoms with van der Waals surface area (Å²) in [4.78, 5) is 5.18. The Morgan fingerprint density at radius 3 is 2.48 bits per heavy atom. The van der Waals surface area contributed by atoms with Gasteiger partial charge in [0.2, 0.25) is 0 Å². The van der Waals surface area contributed by atoms with Crippen molar-refractivity contribution < 1.29 is 9.47 Å². The molecule has 4 nitrogen and oxygen atoms in total. The fraction of sp³-hybridized carbons (Fsp3) is 0.517. The van der Waals surface area contributed by atoms with Crippen molar-refractivity contribution in [3.05, 3.63) is 71.8 Å². The molecule has 2 aromatic carbocycles. The zero-order valence-corrected chi connectivity index (χ0v) is 21.2. The Balaban J connectivity index is 1.66. The van der Waals surface area contributed by atoms with E-state index in [2.05, 4.69) is 80.0 Å². The lowest BCUT2D eigenvalue weighted by atomic mass is 10.00. The average molecular weight is 451 g/mol. The first-order valence-electron chi connectivity index (χ1n) is 12.3. The molecule has 1 aliphatic rings. The SMILES string of the molecule is COC(C)(C)CCN1CCCC(N(CC=C(C)C)c2ccc(OCc3ccccc3)cc2)C1. The van der Waals surface area contributed by atoms with Gasteiger partial charge >= 0.3 is 0 Å². The van der Waals surface area contributed by atoms with Crippen molar-refractivity contribution in [2.75, 3.05) is 38.2 Å². The minimum Gasteiger partial charge on any atom is -0.489 e. The van der Waals surface area contributed by atoms with Gasteiger partial charge in [0.1, 0.15) is 12.4 Å². The van der Waals surface area contributed by atoms with Gasteiger partial charge in [0.05, 0.1) is 5.60 Å². The summed E-state index contributed by atoms with van der Waals surface area (Å²) < 4.78 is 11.7. The topological polar surface area (TPSA) is 24.9 Å². The summed E-state index contributed by atoms with van der Waals surface area (Å²) in [5.41, 5.74) is 3.75. The largest absolute Gasteiger partial charge is 0.489 e. The number of nitrogens with zero attached hydrogens (tertiary/aromatic N) is 2. The second-order valence-corrected chi connectivity index (χ2v) is 10.0. The highest BCUT2D eigenvalue weighted by Gasteiger charge is 2.27. The number of hydrogen-bond donors (Lipinski definition) is 0. The van der Waals surface area contributed by atoms with E-state index in [9.17, 15) is 0 Å². The van der Waals surface area contributed by atoms with Gasteiger partial charge in [-0.25, -0.2) is 0 Å². The smallest absolute Gasteiger partial charge is 0.119 e. The molecule has 1 unspecified atom stereocenters. The van der Waals surface area contributed by atoms with Crippen LogP contribution in [0.4, 0.5) is 5.69 Å². The van der Waals surface area contributed by atoms with Crippen LogP contribution in [0.5, 0.6) is 5.75 Å². The van der Waals surface area contributed by atoms with Gasteiger partial charge < -0.3 is 19.3 Å². The number of ether oxygens (including phenoxy) is 2. The maximum absolute atomic E-state index is 6.01. The molecular weight excluding hydrogens is 408 g/mol. The Kier molecular flexibility index (Phi) is 9.40. The molecule has 0 radical (unpaired) electrons. The van der Waals surface area contributed by atoms with Crippen LogP contribution in [0.3, 0.4) is 0 Å². The Bertz CT molecular complexity index is 857. The maximum atomic E-state index is 6.01. The van der Waals surface area contributed by atoms with Crippen molar-refractivity contribution in [3.63, 3.8) is 0 Å². The highest BCUT2D eigenvalue weighted by molar-refractivity contribution is 5.51. The van der Waals surface area contributed by atoms with Crippen LogP contribution >= 0.6 is 0 Å². The van der Waals surface area contributed by atoms with Crippen LogP contribution in [0.1, 0.15) is 52.5 Å². The molecule has 0 spiro atoms. The van der Waals surface area contributed by atoms with Crippen LogP contribution in [-0.2, 0) is 11.3 Å². The van der Waals surface area contributed by atoms with Crippen LogP contribution in [0.2, 0.25) is 0 Å². The molecular formula is C29H42N2O2. The number of hydrogen-bond acceptors (Lipinski definition) is 4. The molecule has 0 aromatic heterocycles. The quantitative estimate of drug-likeness (QED) is 0.374. The Morgan fingerprint density at radius 1 is 1.09 bits per heavy atom. The summed E-state index contributed by atoms with van der Waals surface area (Å²) in [6.07, 6.45) is 5.86. The zero-order valence-electron chi connectivity index (χ0n) is 21.2. The molecule has 1 aliphatic heterocycles. The Hall–Kier alpha value is -2.30. The Labute approximate surface area is 201 Å². The maximum Gasteiger partial charge on any atom is 0.119 e. The summed E-state index contributed by atoms with van der Waals surface area (Å²) in [6.45, 7) is 13.6. The van der Waals surface area contributed by atoms with Gasteiger partial charge in [-0.05, 0) is 83.3 Å². The monoisotopic (exact) mass is 450 g/mol. The van der Waals surface area contributed by atoms with Gasteiger partial charge in [0.15, 0.2) is 0 Å². The molecule has 4 heteroatoms. The molecule has 1 atom stereocenters. The number of rotatable bonds is 11. The van der Waals surface area contributed by atoms with Crippen LogP contribution in [0, 0.1) is 0 Å². The molecule has 1 fully saturated rings. The third-order valence-corrected chi connectivity index (χ3v) is 6.62. The predicted octanol–water partition coefficient (Wildman–Crippen LogP) is 6.32. The minimum atomic E-state index is -0.0652. The van der Waals surface area contributed by atoms with E-state index in [0.717, 1.165) is 31.8 Å². The number of methoxy groups -OCH3 is 1. The minimum absolute atomic E-state index is 0.0652. The van der Waals surface area contributed by atoms with Crippen molar-refractivity contribution in [2.24, 2.45) is 0 Å². The van der Waals surface area contributed by atoms with Crippen LogP contribution < -0.4 is 9.64 Å². The van der Waals surface area contributed by atoms with Gasteiger partial charge in [-0.3, -0.25) is 0 Å². The second-order valence-electron chi connectivity index (χ2n) is 10.0. The fourth-order valence-electron chi connectivity index (χ4n) is 4.24. The van der Waals surface area contributed by atoms with Crippen LogP contribution in [0.25, 0.3) is 0 Å². The van der Waals surface area contributed by atoms with Gasteiger partial charge in [0, 0.05) is 38.5 Å². The summed E-state index contributed by atoms with van der Waals surface area (Å²) in [6, 6.07) is 19.5. The predicted molar refractivity (Wildman–Crippen MR) is 139 cm³/mol. The fourth-order valence-corrected chi connectivity index (χ4v) is 4.24. The van der Waals surface area contributed by atoms with E-state index < -0.39 is 0 Å². The highest BCUT2D eigenvalue weighted by atomic mass is 16.5. The number of allylic oxidation sites excluding steroid dienone is 1. The lowest BCUT2D eigenvalue weighted by Crippen LogP contribution is -2.49. The zero-order chi connectivity index (χ0) is 23.7. The van der Waals surface area contributed by atoms with E-state index in [1.807, 2.05) is 25.3 Å². The van der Waals surface area contributed by atoms with Crippen LogP contribution in [0.15, 0.2) is 66.2 Å². The summed E-state index contributed by atoms with van der Waals surface area (Å²) in [7, 11) is 1.81. The standard InChI is InChI=1S/C29H42N2O2/c1-24(2)17-20-31(27-12-9-19-30(22-27)21-18-29(3,4)32-5)26-13-15-28(16-14-26)33-23-25-10-7-6-8-11-25/h6-8,10-11,13-17,27H,9,12,18-23H2,1-5H3. The first kappa shape index (κ1) is 25.3. The Morgan fingerprint density at radius 2 is 1.82 bits per heavy atom. The average Bonchev–Trinajstić information content (AvgIpc) is 2.83. The number of anilines is 1. The summed E-state index contributed by atoms with van der Waals surface area (Å²) in [5.74, 6) is 0.914. The molecule has 0 bridgehead atoms. The third-order valence-electron chi connectivity index (χ3n) is 6.62. The highest BCUT2D eigenvalue weighted by Crippen LogP contribution is 2.27. The molecule has 0 aliphatic carbocycles. The normalized spacial score (nSPS) is 16.9. The first-order valence-corrected chi connectivity index (χ1v) is 12.3. The lowest BCUT2D eigenvalue weighted by molar-refractivity contribution is 0.00546. The molecule has 180 valence electrons. The molecule has 0 saturated carbocycles. The van der Waals surface area contributed by atoms with Crippen molar-refractivity contribution in [3.8, 4) is 5.75 Å². The van der Waals surface area contributed by atoms with E-state index in [4.69, 9.17) is 9.47 Å². The summed E-state index contributed by atoms with van der Waals surface area (Å²) >= 11 is 0. The van der Waals surface area contributed by atoms with E-state index in [1.54, 1.807) is 0 Å². The van der Waals surface area contributed by atoms with Gasteiger partial charge in [-0.1, -0.05) is 42.0 Å². The number of benzene rings is 2. The van der Waals surface area contributed by atoms with Gasteiger partial charge in [-0.2, -0.15) is 0 Å². The molecule has 33 heavy (non-hydrogen) atoms. The second kappa shape index (κ2) is 12.2. The van der Waals surface area contributed by atoms with Crippen molar-refractivity contribution in [2.45, 2.75) is 65.2 Å². The lowest BCUT2D eigenvalue weighted by Gasteiger charge is -2.41. The van der Waals surface area contributed by atoms with Crippen LogP contribution in [-0.4, -0.2) is 49.8 Å². The van der Waals surface area contributed by atoms with E-state index in [-0.39, 0.29) is 5.60 Å². The first-order chi connectivity index (χ1) is 15.9. The third kappa shape index (κ3) is 8.21. The van der Waals surface area contributed by atoms with E-state index >= 15 is 0 Å². The van der Waals surface area contributed by atoms with Crippen molar-refractivity contribution in [1.82, 2.24) is 4.90 Å².